The van der Waals surface area contributed by atoms with Crippen LogP contribution in [0.3, 0.4) is 0 Å². The molecule has 1 aliphatic rings. The fourth-order valence-corrected chi connectivity index (χ4v) is 2.46. The zero-order valence-corrected chi connectivity index (χ0v) is 13.0. The number of rotatable bonds is 6. The molecule has 2 rings (SSSR count). The lowest BCUT2D eigenvalue weighted by molar-refractivity contribution is -0.151. The zero-order valence-electron chi connectivity index (χ0n) is 13.0. The van der Waals surface area contributed by atoms with Crippen molar-refractivity contribution < 1.29 is 23.6 Å². The van der Waals surface area contributed by atoms with Gasteiger partial charge in [0, 0.05) is 6.07 Å². The van der Waals surface area contributed by atoms with Crippen molar-refractivity contribution in [3.8, 4) is 11.9 Å². The van der Waals surface area contributed by atoms with Crippen molar-refractivity contribution in [3.05, 3.63) is 11.8 Å². The van der Waals surface area contributed by atoms with Crippen LogP contribution < -0.4 is 10.1 Å². The first kappa shape index (κ1) is 16.8. The molecule has 1 saturated carbocycles. The normalized spacial score (nSPS) is 16.2. The minimum atomic E-state index is -0.837. The number of nitriles is 1. The Morgan fingerprint density at radius 1 is 1.39 bits per heavy atom. The van der Waals surface area contributed by atoms with Gasteiger partial charge in [-0.25, -0.2) is 4.79 Å². The number of carbonyl (C=O) groups is 2. The van der Waals surface area contributed by atoms with E-state index in [-0.39, 0.29) is 12.5 Å². The van der Waals surface area contributed by atoms with Crippen molar-refractivity contribution in [1.82, 2.24) is 10.5 Å². The van der Waals surface area contributed by atoms with Crippen molar-refractivity contribution in [2.24, 2.45) is 0 Å². The van der Waals surface area contributed by atoms with Gasteiger partial charge in [-0.15, -0.1) is 0 Å². The third kappa shape index (κ3) is 4.98. The Kier molecular flexibility index (Phi) is 5.57. The molecule has 1 fully saturated rings. The van der Waals surface area contributed by atoms with Crippen LogP contribution in [-0.2, 0) is 14.3 Å². The summed E-state index contributed by atoms with van der Waals surface area (Å²) in [5.74, 6) is -0.453. The van der Waals surface area contributed by atoms with Crippen molar-refractivity contribution in [2.75, 3.05) is 13.2 Å². The number of hydrogen-bond donors (Lipinski definition) is 1. The summed E-state index contributed by atoms with van der Waals surface area (Å²) in [5, 5.41) is 15.5. The van der Waals surface area contributed by atoms with E-state index in [1.165, 1.54) is 6.07 Å². The lowest BCUT2D eigenvalue weighted by atomic mass is 9.83. The molecule has 1 amide bonds. The van der Waals surface area contributed by atoms with Gasteiger partial charge in [-0.2, -0.15) is 5.26 Å². The number of esters is 1. The average Bonchev–Trinajstić information content (AvgIpc) is 2.97. The third-order valence-corrected chi connectivity index (χ3v) is 3.61. The van der Waals surface area contributed by atoms with Crippen LogP contribution in [0.5, 0.6) is 5.88 Å². The van der Waals surface area contributed by atoms with Gasteiger partial charge in [-0.3, -0.25) is 4.79 Å². The Morgan fingerprint density at radius 2 is 2.13 bits per heavy atom. The minimum absolute atomic E-state index is 0.176. The molecule has 1 heterocycles. The SMILES string of the molecule is Cc1cc(OCC(=O)OCC(=O)NC2(C#N)CCCCC2)no1. The molecule has 0 radical (unpaired) electrons. The number of aryl methyl sites for hydroxylation is 1. The van der Waals surface area contributed by atoms with Crippen LogP contribution in [0.15, 0.2) is 10.6 Å². The maximum atomic E-state index is 11.8. The number of nitrogens with zero attached hydrogens (tertiary/aromatic N) is 2. The molecule has 23 heavy (non-hydrogen) atoms. The molecular formula is C15H19N3O5. The molecule has 0 bridgehead atoms. The first-order valence-electron chi connectivity index (χ1n) is 7.47. The van der Waals surface area contributed by atoms with E-state index in [2.05, 4.69) is 16.5 Å². The standard InChI is InChI=1S/C15H19N3O5/c1-11-7-13(18-23-11)21-9-14(20)22-8-12(19)17-15(10-16)5-3-2-4-6-15/h7H,2-6,8-9H2,1H3,(H,17,19). The van der Waals surface area contributed by atoms with E-state index in [0.717, 1.165) is 19.3 Å². The lowest BCUT2D eigenvalue weighted by Crippen LogP contribution is -2.50. The molecule has 1 N–H and O–H groups in total. The van der Waals surface area contributed by atoms with E-state index < -0.39 is 24.0 Å². The molecule has 8 nitrogen and oxygen atoms in total. The second kappa shape index (κ2) is 7.63. The summed E-state index contributed by atoms with van der Waals surface area (Å²) in [6, 6.07) is 3.70. The number of ether oxygens (including phenoxy) is 2. The average molecular weight is 321 g/mol. The van der Waals surface area contributed by atoms with Crippen LogP contribution in [0.2, 0.25) is 0 Å². The highest BCUT2D eigenvalue weighted by atomic mass is 16.6. The zero-order chi connectivity index (χ0) is 16.7. The van der Waals surface area contributed by atoms with Gasteiger partial charge >= 0.3 is 5.97 Å². The molecular weight excluding hydrogens is 302 g/mol. The summed E-state index contributed by atoms with van der Waals surface area (Å²) in [4.78, 5) is 23.4. The Morgan fingerprint density at radius 3 is 2.74 bits per heavy atom. The molecule has 1 aliphatic carbocycles. The first-order chi connectivity index (χ1) is 11.0. The summed E-state index contributed by atoms with van der Waals surface area (Å²) in [5.41, 5.74) is -0.837. The van der Waals surface area contributed by atoms with Gasteiger partial charge in [-0.1, -0.05) is 19.3 Å². The highest BCUT2D eigenvalue weighted by Crippen LogP contribution is 2.27. The minimum Gasteiger partial charge on any atom is -0.463 e. The number of carbonyl (C=O) groups excluding carboxylic acids is 2. The monoisotopic (exact) mass is 321 g/mol. The van der Waals surface area contributed by atoms with Gasteiger partial charge in [-0.05, 0) is 24.9 Å². The molecule has 1 aromatic heterocycles. The van der Waals surface area contributed by atoms with Crippen molar-refractivity contribution in [1.29, 1.82) is 5.26 Å². The predicted octanol–water partition coefficient (Wildman–Crippen LogP) is 1.25. The van der Waals surface area contributed by atoms with E-state index in [4.69, 9.17) is 14.0 Å². The quantitative estimate of drug-likeness (QED) is 0.784. The van der Waals surface area contributed by atoms with Gasteiger partial charge in [0.2, 0.25) is 0 Å². The summed E-state index contributed by atoms with van der Waals surface area (Å²) in [7, 11) is 0. The molecule has 0 saturated heterocycles. The topological polar surface area (TPSA) is 114 Å². The molecule has 0 aromatic carbocycles. The number of aromatic nitrogens is 1. The van der Waals surface area contributed by atoms with Crippen molar-refractivity contribution in [3.63, 3.8) is 0 Å². The van der Waals surface area contributed by atoms with Gasteiger partial charge in [0.05, 0.1) is 6.07 Å². The fourth-order valence-electron chi connectivity index (χ4n) is 2.46. The van der Waals surface area contributed by atoms with E-state index in [1.54, 1.807) is 6.92 Å². The van der Waals surface area contributed by atoms with Crippen molar-refractivity contribution >= 4 is 11.9 Å². The molecule has 1 aromatic rings. The second-order valence-electron chi connectivity index (χ2n) is 5.53. The number of amides is 1. The first-order valence-corrected chi connectivity index (χ1v) is 7.47. The van der Waals surface area contributed by atoms with Crippen molar-refractivity contribution in [2.45, 2.75) is 44.6 Å². The number of nitrogens with one attached hydrogen (secondary N) is 1. The van der Waals surface area contributed by atoms with E-state index >= 15 is 0 Å². The smallest absolute Gasteiger partial charge is 0.344 e. The molecule has 0 spiro atoms. The largest absolute Gasteiger partial charge is 0.463 e. The highest BCUT2D eigenvalue weighted by molar-refractivity contribution is 5.81. The highest BCUT2D eigenvalue weighted by Gasteiger charge is 2.33. The Hall–Kier alpha value is -2.56. The molecule has 0 atom stereocenters. The van der Waals surface area contributed by atoms with Crippen LogP contribution in [0.25, 0.3) is 0 Å². The Balaban J connectivity index is 1.71. The van der Waals surface area contributed by atoms with Crippen LogP contribution in [0, 0.1) is 18.3 Å². The van der Waals surface area contributed by atoms with Gasteiger partial charge < -0.3 is 19.3 Å². The Bertz CT molecular complexity index is 598. The summed E-state index contributed by atoms with van der Waals surface area (Å²) in [6.07, 6.45) is 4.11. The fraction of sp³-hybridized carbons (Fsp3) is 0.600. The predicted molar refractivity (Wildman–Crippen MR) is 77.3 cm³/mol. The van der Waals surface area contributed by atoms with E-state index in [0.29, 0.717) is 18.6 Å². The van der Waals surface area contributed by atoms with E-state index in [1.807, 2.05) is 0 Å². The van der Waals surface area contributed by atoms with E-state index in [9.17, 15) is 14.9 Å². The van der Waals surface area contributed by atoms with Gasteiger partial charge in [0.25, 0.3) is 11.8 Å². The lowest BCUT2D eigenvalue weighted by Gasteiger charge is -2.31. The maximum absolute atomic E-state index is 11.8. The summed E-state index contributed by atoms with van der Waals surface area (Å²) >= 11 is 0. The summed E-state index contributed by atoms with van der Waals surface area (Å²) < 4.78 is 14.6. The van der Waals surface area contributed by atoms with Crippen LogP contribution in [0.1, 0.15) is 37.9 Å². The van der Waals surface area contributed by atoms with Crippen LogP contribution in [0.4, 0.5) is 0 Å². The Labute approximate surface area is 133 Å². The molecule has 0 unspecified atom stereocenters. The summed E-state index contributed by atoms with van der Waals surface area (Å²) in [6.45, 7) is 0.880. The molecule has 0 aliphatic heterocycles. The third-order valence-electron chi connectivity index (χ3n) is 3.61. The van der Waals surface area contributed by atoms with Gasteiger partial charge in [0.1, 0.15) is 11.3 Å². The molecule has 8 heteroatoms. The second-order valence-corrected chi connectivity index (χ2v) is 5.53. The van der Waals surface area contributed by atoms with Crippen LogP contribution >= 0.6 is 0 Å². The van der Waals surface area contributed by atoms with Gasteiger partial charge in [0.15, 0.2) is 13.2 Å². The molecule has 124 valence electrons. The maximum Gasteiger partial charge on any atom is 0.344 e. The van der Waals surface area contributed by atoms with Crippen LogP contribution in [-0.4, -0.2) is 35.8 Å². The number of hydrogen-bond acceptors (Lipinski definition) is 7.